The monoisotopic (exact) mass is 537 g/mol. The number of halogens is 7. The minimum atomic E-state index is -4.81. The lowest BCUT2D eigenvalue weighted by Gasteiger charge is -2.16. The molecule has 174 valence electrons. The van der Waals surface area contributed by atoms with E-state index < -0.39 is 34.9 Å². The zero-order valence-corrected chi connectivity index (χ0v) is 19.7. The lowest BCUT2D eigenvalue weighted by Crippen LogP contribution is -2.18. The summed E-state index contributed by atoms with van der Waals surface area (Å²) < 4.78 is 44.0. The topological polar surface area (TPSA) is 55.4 Å². The van der Waals surface area contributed by atoms with Gasteiger partial charge < -0.3 is 10.1 Å². The van der Waals surface area contributed by atoms with Crippen LogP contribution >= 0.6 is 46.4 Å². The van der Waals surface area contributed by atoms with Gasteiger partial charge in [0, 0.05) is 22.0 Å². The van der Waals surface area contributed by atoms with Crippen molar-refractivity contribution in [1.29, 1.82) is 0 Å². The molecule has 0 aromatic heterocycles. The molecule has 33 heavy (non-hydrogen) atoms. The van der Waals surface area contributed by atoms with Gasteiger partial charge in [0.2, 0.25) is 0 Å². The van der Waals surface area contributed by atoms with Crippen molar-refractivity contribution >= 4 is 64.0 Å². The number of benzene rings is 3. The smallest absolute Gasteiger partial charge is 0.420 e. The van der Waals surface area contributed by atoms with Crippen molar-refractivity contribution in [2.24, 2.45) is 0 Å². The number of anilines is 1. The summed E-state index contributed by atoms with van der Waals surface area (Å²) in [6.07, 6.45) is -4.81. The molecule has 0 unspecified atom stereocenters. The molecule has 11 heteroatoms. The maximum absolute atomic E-state index is 13.1. The van der Waals surface area contributed by atoms with Crippen LogP contribution < -0.4 is 10.1 Å². The zero-order valence-electron chi connectivity index (χ0n) is 16.6. The number of hydrogen-bond acceptors (Lipinski definition) is 3. The van der Waals surface area contributed by atoms with Crippen LogP contribution in [0.1, 0.15) is 22.8 Å². The second-order valence-corrected chi connectivity index (χ2v) is 8.01. The molecule has 0 aliphatic carbocycles. The Morgan fingerprint density at radius 3 is 1.94 bits per heavy atom. The molecule has 0 aliphatic heterocycles. The SMILES string of the molecule is CC(=O)Oc1c(C(=O)Nc2cc(Cl)ccc2Cl)cccc1C(F)(F)F.Clc1cccc(Cl)c1. The van der Waals surface area contributed by atoms with Gasteiger partial charge in [0.15, 0.2) is 5.75 Å². The molecule has 0 spiro atoms. The highest BCUT2D eigenvalue weighted by Crippen LogP contribution is 2.39. The zero-order chi connectivity index (χ0) is 24.8. The number of nitrogens with one attached hydrogen (secondary N) is 1. The molecule has 0 heterocycles. The maximum Gasteiger partial charge on any atom is 0.420 e. The first kappa shape index (κ1) is 26.8. The van der Waals surface area contributed by atoms with Gasteiger partial charge in [-0.1, -0.05) is 58.5 Å². The molecule has 0 bridgehead atoms. The van der Waals surface area contributed by atoms with E-state index in [1.54, 1.807) is 18.2 Å². The Balaban J connectivity index is 0.000000405. The maximum atomic E-state index is 13.1. The number of hydrogen-bond donors (Lipinski definition) is 1. The van der Waals surface area contributed by atoms with Crippen LogP contribution in [-0.2, 0) is 11.0 Å². The van der Waals surface area contributed by atoms with E-state index in [0.29, 0.717) is 16.1 Å². The first-order valence-electron chi connectivity index (χ1n) is 8.94. The van der Waals surface area contributed by atoms with Crippen molar-refractivity contribution in [2.75, 3.05) is 5.32 Å². The number of alkyl halides is 3. The van der Waals surface area contributed by atoms with Crippen LogP contribution in [0, 0.1) is 0 Å². The summed E-state index contributed by atoms with van der Waals surface area (Å²) in [5.41, 5.74) is -1.61. The largest absolute Gasteiger partial charge is 0.425 e. The molecule has 0 saturated carbocycles. The van der Waals surface area contributed by atoms with Crippen molar-refractivity contribution < 1.29 is 27.5 Å². The minimum Gasteiger partial charge on any atom is -0.425 e. The van der Waals surface area contributed by atoms with Crippen LogP contribution in [-0.4, -0.2) is 11.9 Å². The van der Waals surface area contributed by atoms with Crippen LogP contribution in [0.25, 0.3) is 0 Å². The average Bonchev–Trinajstić information content (AvgIpc) is 2.70. The molecular formula is C22H14Cl4F3NO3. The molecule has 4 nitrogen and oxygen atoms in total. The van der Waals surface area contributed by atoms with Crippen LogP contribution in [0.4, 0.5) is 18.9 Å². The molecule has 3 rings (SSSR count). The second-order valence-electron chi connectivity index (χ2n) is 6.29. The number of carbonyl (C=O) groups is 2. The summed E-state index contributed by atoms with van der Waals surface area (Å²) in [6.45, 7) is 0.933. The van der Waals surface area contributed by atoms with Crippen molar-refractivity contribution in [3.63, 3.8) is 0 Å². The van der Waals surface area contributed by atoms with Crippen LogP contribution in [0.3, 0.4) is 0 Å². The van der Waals surface area contributed by atoms with E-state index >= 15 is 0 Å². The summed E-state index contributed by atoms with van der Waals surface area (Å²) in [5, 5.41) is 4.11. The highest BCUT2D eigenvalue weighted by molar-refractivity contribution is 6.36. The molecule has 0 radical (unpaired) electrons. The molecule has 0 atom stereocenters. The second kappa shape index (κ2) is 11.6. The standard InChI is InChI=1S/C16H10Cl2F3NO3.C6H4Cl2/c1-8(23)25-14-10(3-2-4-11(14)16(19,20)21)15(24)22-13-7-9(17)5-6-12(13)18;7-5-2-1-3-6(8)4-5/h2-7H,1H3,(H,22,24);1-4H. The molecule has 0 fully saturated rings. The summed E-state index contributed by atoms with van der Waals surface area (Å²) in [6, 6.07) is 14.1. The highest BCUT2D eigenvalue weighted by Gasteiger charge is 2.37. The van der Waals surface area contributed by atoms with Crippen molar-refractivity contribution in [2.45, 2.75) is 13.1 Å². The number of rotatable bonds is 3. The van der Waals surface area contributed by atoms with E-state index in [9.17, 15) is 22.8 Å². The Labute approximate surface area is 207 Å². The van der Waals surface area contributed by atoms with Gasteiger partial charge in [0.25, 0.3) is 5.91 Å². The quantitative estimate of drug-likeness (QED) is 0.270. The van der Waals surface area contributed by atoms with E-state index in [0.717, 1.165) is 19.1 Å². The lowest BCUT2D eigenvalue weighted by atomic mass is 10.1. The van der Waals surface area contributed by atoms with Crippen molar-refractivity contribution in [3.8, 4) is 5.75 Å². The van der Waals surface area contributed by atoms with Crippen LogP contribution in [0.5, 0.6) is 5.75 Å². The summed E-state index contributed by atoms with van der Waals surface area (Å²) >= 11 is 22.8. The third-order valence-electron chi connectivity index (χ3n) is 3.77. The number of carbonyl (C=O) groups excluding carboxylic acids is 2. The Morgan fingerprint density at radius 2 is 1.42 bits per heavy atom. The third-order valence-corrected chi connectivity index (χ3v) is 4.81. The van der Waals surface area contributed by atoms with Gasteiger partial charge in [0.1, 0.15) is 0 Å². The summed E-state index contributed by atoms with van der Waals surface area (Å²) in [7, 11) is 0. The van der Waals surface area contributed by atoms with Crippen LogP contribution in [0.15, 0.2) is 60.7 Å². The molecule has 1 amide bonds. The van der Waals surface area contributed by atoms with Crippen molar-refractivity contribution in [3.05, 3.63) is 91.9 Å². The van der Waals surface area contributed by atoms with Gasteiger partial charge in [-0.3, -0.25) is 9.59 Å². The minimum absolute atomic E-state index is 0.102. The van der Waals surface area contributed by atoms with Crippen molar-refractivity contribution in [1.82, 2.24) is 0 Å². The Bertz CT molecular complexity index is 1150. The summed E-state index contributed by atoms with van der Waals surface area (Å²) in [4.78, 5) is 23.6. The molecular weight excluding hydrogens is 525 g/mol. The fourth-order valence-corrected chi connectivity index (χ4v) is 3.21. The van der Waals surface area contributed by atoms with E-state index in [-0.39, 0.29) is 15.7 Å². The van der Waals surface area contributed by atoms with Gasteiger partial charge in [-0.2, -0.15) is 13.2 Å². The molecule has 0 saturated heterocycles. The van der Waals surface area contributed by atoms with Gasteiger partial charge >= 0.3 is 12.1 Å². The predicted octanol–water partition coefficient (Wildman–Crippen LogP) is 8.18. The Morgan fingerprint density at radius 1 is 0.848 bits per heavy atom. The van der Waals surface area contributed by atoms with E-state index in [1.165, 1.54) is 18.2 Å². The number of amides is 1. The number of ether oxygens (including phenoxy) is 1. The van der Waals surface area contributed by atoms with Gasteiger partial charge in [0.05, 0.1) is 21.8 Å². The first-order chi connectivity index (χ1) is 15.4. The van der Waals surface area contributed by atoms with Crippen LogP contribution in [0.2, 0.25) is 20.1 Å². The van der Waals surface area contributed by atoms with Gasteiger partial charge in [-0.05, 0) is 48.5 Å². The average molecular weight is 539 g/mol. The molecule has 0 aliphatic rings. The highest BCUT2D eigenvalue weighted by atomic mass is 35.5. The fraction of sp³-hybridized carbons (Fsp3) is 0.0909. The molecule has 3 aromatic rings. The van der Waals surface area contributed by atoms with Gasteiger partial charge in [-0.15, -0.1) is 0 Å². The fourth-order valence-electron chi connectivity index (χ4n) is 2.44. The van der Waals surface area contributed by atoms with Gasteiger partial charge in [-0.25, -0.2) is 0 Å². The first-order valence-corrected chi connectivity index (χ1v) is 10.5. The third kappa shape index (κ3) is 8.12. The molecule has 1 N–H and O–H groups in total. The van der Waals surface area contributed by atoms with E-state index in [4.69, 9.17) is 46.4 Å². The van der Waals surface area contributed by atoms with E-state index in [1.807, 2.05) is 6.07 Å². The Kier molecular flexibility index (Phi) is 9.43. The normalized spacial score (nSPS) is 10.7. The predicted molar refractivity (Wildman–Crippen MR) is 124 cm³/mol. The van der Waals surface area contributed by atoms with E-state index in [2.05, 4.69) is 10.1 Å². The lowest BCUT2D eigenvalue weighted by molar-refractivity contribution is -0.141. The number of para-hydroxylation sites is 1. The summed E-state index contributed by atoms with van der Waals surface area (Å²) in [5.74, 6) is -2.81. The molecule has 3 aromatic carbocycles. The Hall–Kier alpha value is -2.45. The number of esters is 1.